The van der Waals surface area contributed by atoms with Crippen LogP contribution in [0.5, 0.6) is 5.75 Å². The van der Waals surface area contributed by atoms with Gasteiger partial charge in [-0.25, -0.2) is 0 Å². The SMILES string of the molecule is COc1ccc(Nc2c(C)cccc2Cl)c(C)c1. The van der Waals surface area contributed by atoms with Crippen molar-refractivity contribution in [2.24, 2.45) is 0 Å². The maximum atomic E-state index is 6.20. The summed E-state index contributed by atoms with van der Waals surface area (Å²) in [5.74, 6) is 0.855. The van der Waals surface area contributed by atoms with E-state index in [1.807, 2.05) is 50.2 Å². The molecule has 0 saturated heterocycles. The Morgan fingerprint density at radius 1 is 1.06 bits per heavy atom. The zero-order valence-electron chi connectivity index (χ0n) is 10.8. The summed E-state index contributed by atoms with van der Waals surface area (Å²) in [4.78, 5) is 0. The van der Waals surface area contributed by atoms with Gasteiger partial charge in [0, 0.05) is 5.69 Å². The lowest BCUT2D eigenvalue weighted by Gasteiger charge is -2.14. The number of methoxy groups -OCH3 is 1. The Kier molecular flexibility index (Phi) is 3.78. The van der Waals surface area contributed by atoms with Crippen LogP contribution in [0.1, 0.15) is 11.1 Å². The van der Waals surface area contributed by atoms with Crippen LogP contribution >= 0.6 is 11.6 Å². The molecule has 0 fully saturated rings. The number of aryl methyl sites for hydroxylation is 2. The Morgan fingerprint density at radius 3 is 2.44 bits per heavy atom. The Morgan fingerprint density at radius 2 is 1.83 bits per heavy atom. The molecule has 2 nitrogen and oxygen atoms in total. The fraction of sp³-hybridized carbons (Fsp3) is 0.200. The lowest BCUT2D eigenvalue weighted by atomic mass is 10.1. The minimum absolute atomic E-state index is 0.727. The highest BCUT2D eigenvalue weighted by molar-refractivity contribution is 6.33. The van der Waals surface area contributed by atoms with Crippen LogP contribution in [-0.4, -0.2) is 7.11 Å². The monoisotopic (exact) mass is 261 g/mol. The third kappa shape index (κ3) is 2.59. The van der Waals surface area contributed by atoms with Crippen LogP contribution in [-0.2, 0) is 0 Å². The summed E-state index contributed by atoms with van der Waals surface area (Å²) in [5, 5.41) is 4.10. The molecule has 0 atom stereocenters. The molecule has 0 bridgehead atoms. The molecule has 2 rings (SSSR count). The third-order valence-electron chi connectivity index (χ3n) is 2.92. The Hall–Kier alpha value is -1.67. The number of nitrogens with one attached hydrogen (secondary N) is 1. The highest BCUT2D eigenvalue weighted by Crippen LogP contribution is 2.31. The molecule has 0 aliphatic carbocycles. The molecular formula is C15H16ClNO. The van der Waals surface area contributed by atoms with E-state index in [0.717, 1.165) is 33.3 Å². The molecule has 3 heteroatoms. The second kappa shape index (κ2) is 5.32. The van der Waals surface area contributed by atoms with Crippen LogP contribution < -0.4 is 10.1 Å². The van der Waals surface area contributed by atoms with Gasteiger partial charge >= 0.3 is 0 Å². The van der Waals surface area contributed by atoms with Crippen LogP contribution in [0.4, 0.5) is 11.4 Å². The number of ether oxygens (including phenoxy) is 1. The first kappa shape index (κ1) is 12.8. The average molecular weight is 262 g/mol. The van der Waals surface area contributed by atoms with Crippen LogP contribution in [0.15, 0.2) is 36.4 Å². The highest BCUT2D eigenvalue weighted by atomic mass is 35.5. The van der Waals surface area contributed by atoms with Crippen molar-refractivity contribution in [2.75, 3.05) is 12.4 Å². The molecule has 94 valence electrons. The number of anilines is 2. The van der Waals surface area contributed by atoms with Crippen molar-refractivity contribution in [3.8, 4) is 5.75 Å². The first-order valence-electron chi connectivity index (χ1n) is 5.78. The van der Waals surface area contributed by atoms with E-state index in [1.54, 1.807) is 7.11 Å². The molecule has 0 aliphatic rings. The Labute approximate surface area is 113 Å². The van der Waals surface area contributed by atoms with Gasteiger partial charge in [0.1, 0.15) is 5.75 Å². The molecule has 0 aromatic heterocycles. The topological polar surface area (TPSA) is 21.3 Å². The maximum Gasteiger partial charge on any atom is 0.119 e. The lowest BCUT2D eigenvalue weighted by molar-refractivity contribution is 0.414. The van der Waals surface area contributed by atoms with Crippen LogP contribution in [0.3, 0.4) is 0 Å². The van der Waals surface area contributed by atoms with Gasteiger partial charge in [0.25, 0.3) is 0 Å². The second-order valence-corrected chi connectivity index (χ2v) is 4.64. The third-order valence-corrected chi connectivity index (χ3v) is 3.23. The van der Waals surface area contributed by atoms with E-state index < -0.39 is 0 Å². The van der Waals surface area contributed by atoms with Gasteiger partial charge in [-0.05, 0) is 49.2 Å². The molecule has 0 radical (unpaired) electrons. The molecular weight excluding hydrogens is 246 g/mol. The van der Waals surface area contributed by atoms with E-state index in [-0.39, 0.29) is 0 Å². The van der Waals surface area contributed by atoms with Gasteiger partial charge in [0.05, 0.1) is 17.8 Å². The molecule has 0 aliphatic heterocycles. The van der Waals surface area contributed by atoms with E-state index in [0.29, 0.717) is 0 Å². The van der Waals surface area contributed by atoms with E-state index in [2.05, 4.69) is 5.32 Å². The zero-order valence-corrected chi connectivity index (χ0v) is 11.5. The highest BCUT2D eigenvalue weighted by Gasteiger charge is 2.06. The van der Waals surface area contributed by atoms with Crippen molar-refractivity contribution < 1.29 is 4.74 Å². The first-order chi connectivity index (χ1) is 8.61. The summed E-state index contributed by atoms with van der Waals surface area (Å²) >= 11 is 6.20. The van der Waals surface area contributed by atoms with E-state index in [4.69, 9.17) is 16.3 Å². The van der Waals surface area contributed by atoms with Gasteiger partial charge in [-0.1, -0.05) is 23.7 Å². The molecule has 0 heterocycles. The molecule has 0 spiro atoms. The van der Waals surface area contributed by atoms with Gasteiger partial charge < -0.3 is 10.1 Å². The van der Waals surface area contributed by atoms with E-state index in [9.17, 15) is 0 Å². The number of para-hydroxylation sites is 1. The number of hydrogen-bond donors (Lipinski definition) is 1. The summed E-state index contributed by atoms with van der Waals surface area (Å²) in [6.07, 6.45) is 0. The largest absolute Gasteiger partial charge is 0.497 e. The number of halogens is 1. The Bertz CT molecular complexity index is 546. The molecule has 0 amide bonds. The number of rotatable bonds is 3. The van der Waals surface area contributed by atoms with Gasteiger partial charge in [-0.3, -0.25) is 0 Å². The van der Waals surface area contributed by atoms with Crippen LogP contribution in [0, 0.1) is 13.8 Å². The minimum Gasteiger partial charge on any atom is -0.497 e. The summed E-state index contributed by atoms with van der Waals surface area (Å²) in [7, 11) is 1.67. The first-order valence-corrected chi connectivity index (χ1v) is 6.16. The van der Waals surface area contributed by atoms with Crippen LogP contribution in [0.2, 0.25) is 5.02 Å². The van der Waals surface area contributed by atoms with Crippen molar-refractivity contribution in [1.29, 1.82) is 0 Å². The van der Waals surface area contributed by atoms with Crippen molar-refractivity contribution in [3.63, 3.8) is 0 Å². The standard InChI is InChI=1S/C15H16ClNO/c1-10-5-4-6-13(16)15(10)17-14-8-7-12(18-3)9-11(14)2/h4-9,17H,1-3H3. The summed E-state index contributed by atoms with van der Waals surface area (Å²) < 4.78 is 5.19. The van der Waals surface area contributed by atoms with E-state index in [1.165, 1.54) is 0 Å². The zero-order chi connectivity index (χ0) is 13.1. The molecule has 0 saturated carbocycles. The second-order valence-electron chi connectivity index (χ2n) is 4.24. The van der Waals surface area contributed by atoms with Crippen molar-refractivity contribution in [1.82, 2.24) is 0 Å². The lowest BCUT2D eigenvalue weighted by Crippen LogP contribution is -1.96. The fourth-order valence-electron chi connectivity index (χ4n) is 1.83. The summed E-state index contributed by atoms with van der Waals surface area (Å²) in [5.41, 5.74) is 4.23. The molecule has 18 heavy (non-hydrogen) atoms. The van der Waals surface area contributed by atoms with E-state index >= 15 is 0 Å². The molecule has 1 N–H and O–H groups in total. The van der Waals surface area contributed by atoms with Gasteiger partial charge in [-0.2, -0.15) is 0 Å². The van der Waals surface area contributed by atoms with Gasteiger partial charge in [0.2, 0.25) is 0 Å². The normalized spacial score (nSPS) is 10.2. The number of hydrogen-bond acceptors (Lipinski definition) is 2. The molecule has 2 aromatic rings. The predicted molar refractivity (Wildman–Crippen MR) is 77.2 cm³/mol. The molecule has 0 unspecified atom stereocenters. The van der Waals surface area contributed by atoms with Gasteiger partial charge in [-0.15, -0.1) is 0 Å². The van der Waals surface area contributed by atoms with Crippen molar-refractivity contribution in [2.45, 2.75) is 13.8 Å². The average Bonchev–Trinajstić information content (AvgIpc) is 2.35. The maximum absolute atomic E-state index is 6.20. The summed E-state index contributed by atoms with van der Waals surface area (Å²) in [6, 6.07) is 11.8. The summed E-state index contributed by atoms with van der Waals surface area (Å²) in [6.45, 7) is 4.07. The van der Waals surface area contributed by atoms with Gasteiger partial charge in [0.15, 0.2) is 0 Å². The predicted octanol–water partition coefficient (Wildman–Crippen LogP) is 4.71. The Balaban J connectivity index is 2.34. The quantitative estimate of drug-likeness (QED) is 0.864. The van der Waals surface area contributed by atoms with Crippen molar-refractivity contribution in [3.05, 3.63) is 52.5 Å². The molecule has 2 aromatic carbocycles. The van der Waals surface area contributed by atoms with Crippen molar-refractivity contribution >= 4 is 23.0 Å². The van der Waals surface area contributed by atoms with Crippen LogP contribution in [0.25, 0.3) is 0 Å². The fourth-order valence-corrected chi connectivity index (χ4v) is 2.10. The minimum atomic E-state index is 0.727. The number of benzene rings is 2. The smallest absolute Gasteiger partial charge is 0.119 e.